The van der Waals surface area contributed by atoms with E-state index in [1.165, 1.54) is 19.3 Å². The number of amides is 1. The van der Waals surface area contributed by atoms with E-state index < -0.39 is 23.2 Å². The maximum Gasteiger partial charge on any atom is 0.417 e. The minimum Gasteiger partial charge on any atom is -0.296 e. The summed E-state index contributed by atoms with van der Waals surface area (Å²) in [6.07, 6.45) is -3.15. The van der Waals surface area contributed by atoms with E-state index in [9.17, 15) is 18.0 Å². The van der Waals surface area contributed by atoms with Gasteiger partial charge in [-0.25, -0.2) is 4.98 Å². The third-order valence-corrected chi connectivity index (χ3v) is 3.31. The van der Waals surface area contributed by atoms with Gasteiger partial charge < -0.3 is 0 Å². The minimum absolute atomic E-state index is 0.256. The Morgan fingerprint density at radius 1 is 1.24 bits per heavy atom. The van der Waals surface area contributed by atoms with Crippen LogP contribution in [0.1, 0.15) is 15.9 Å². The first-order valence-corrected chi connectivity index (χ1v) is 6.66. The number of halogens is 4. The molecule has 21 heavy (non-hydrogen) atoms. The third kappa shape index (κ3) is 3.41. The van der Waals surface area contributed by atoms with Gasteiger partial charge in [0.2, 0.25) is 0 Å². The Morgan fingerprint density at radius 3 is 2.52 bits per heavy atom. The number of rotatable bonds is 2. The second-order valence-electron chi connectivity index (χ2n) is 4.24. The van der Waals surface area contributed by atoms with Crippen LogP contribution in [0.15, 0.2) is 47.1 Å². The van der Waals surface area contributed by atoms with Crippen molar-refractivity contribution >= 4 is 27.7 Å². The molecule has 0 aliphatic carbocycles. The van der Waals surface area contributed by atoms with Crippen LogP contribution < -0.4 is 4.90 Å². The average Bonchev–Trinajstić information content (AvgIpc) is 2.45. The van der Waals surface area contributed by atoms with Crippen LogP contribution in [0, 0.1) is 0 Å². The van der Waals surface area contributed by atoms with Gasteiger partial charge in [-0.05, 0) is 30.3 Å². The van der Waals surface area contributed by atoms with Crippen LogP contribution in [0.4, 0.5) is 19.0 Å². The molecule has 110 valence electrons. The topological polar surface area (TPSA) is 33.2 Å². The SMILES string of the molecule is CN(C(=O)c1ccc(Br)cc1C(F)(F)F)c1ccccn1. The van der Waals surface area contributed by atoms with Crippen LogP contribution in [-0.2, 0) is 6.18 Å². The van der Waals surface area contributed by atoms with E-state index in [4.69, 9.17) is 0 Å². The third-order valence-electron chi connectivity index (χ3n) is 2.81. The Hall–Kier alpha value is -1.89. The zero-order chi connectivity index (χ0) is 15.6. The summed E-state index contributed by atoms with van der Waals surface area (Å²) in [5.74, 6) is -0.493. The van der Waals surface area contributed by atoms with Crippen molar-refractivity contribution in [2.24, 2.45) is 0 Å². The summed E-state index contributed by atoms with van der Waals surface area (Å²) in [4.78, 5) is 17.3. The molecule has 0 radical (unpaired) electrons. The average molecular weight is 359 g/mol. The normalized spacial score (nSPS) is 11.3. The van der Waals surface area contributed by atoms with Gasteiger partial charge in [0.15, 0.2) is 0 Å². The van der Waals surface area contributed by atoms with E-state index >= 15 is 0 Å². The molecular weight excluding hydrogens is 349 g/mol. The molecule has 0 spiro atoms. The molecule has 1 heterocycles. The summed E-state index contributed by atoms with van der Waals surface area (Å²) in [7, 11) is 1.38. The van der Waals surface area contributed by atoms with Gasteiger partial charge in [-0.1, -0.05) is 22.0 Å². The number of nitrogens with zero attached hydrogens (tertiary/aromatic N) is 2. The highest BCUT2D eigenvalue weighted by Crippen LogP contribution is 2.34. The number of aromatic nitrogens is 1. The van der Waals surface area contributed by atoms with Crippen LogP contribution in [0.5, 0.6) is 0 Å². The number of anilines is 1. The van der Waals surface area contributed by atoms with Gasteiger partial charge in [-0.3, -0.25) is 9.69 Å². The first-order chi connectivity index (χ1) is 9.80. The number of benzene rings is 1. The molecule has 0 saturated heterocycles. The Morgan fingerprint density at radius 2 is 1.95 bits per heavy atom. The van der Waals surface area contributed by atoms with Crippen LogP contribution in [0.2, 0.25) is 0 Å². The molecule has 0 saturated carbocycles. The van der Waals surface area contributed by atoms with Gasteiger partial charge in [-0.15, -0.1) is 0 Å². The van der Waals surface area contributed by atoms with Crippen molar-refractivity contribution in [2.75, 3.05) is 11.9 Å². The molecule has 0 atom stereocenters. The quantitative estimate of drug-likeness (QED) is 0.808. The Bertz CT molecular complexity index is 659. The molecule has 1 amide bonds. The highest BCUT2D eigenvalue weighted by atomic mass is 79.9. The minimum atomic E-state index is -4.61. The standard InChI is InChI=1S/C14H10BrF3N2O/c1-20(12-4-2-3-7-19-12)13(21)10-6-5-9(15)8-11(10)14(16,17)18/h2-8H,1H3. The number of hydrogen-bond acceptors (Lipinski definition) is 2. The van der Waals surface area contributed by atoms with Gasteiger partial charge >= 0.3 is 6.18 Å². The zero-order valence-electron chi connectivity index (χ0n) is 10.9. The van der Waals surface area contributed by atoms with Gasteiger partial charge in [0.25, 0.3) is 5.91 Å². The second kappa shape index (κ2) is 5.85. The first-order valence-electron chi connectivity index (χ1n) is 5.86. The lowest BCUT2D eigenvalue weighted by Crippen LogP contribution is -2.29. The van der Waals surface area contributed by atoms with E-state index in [-0.39, 0.29) is 10.3 Å². The van der Waals surface area contributed by atoms with E-state index in [2.05, 4.69) is 20.9 Å². The Kier molecular flexibility index (Phi) is 4.32. The molecule has 7 heteroatoms. The van der Waals surface area contributed by atoms with Crippen molar-refractivity contribution in [2.45, 2.75) is 6.18 Å². The lowest BCUT2D eigenvalue weighted by Gasteiger charge is -2.19. The summed E-state index contributed by atoms with van der Waals surface area (Å²) in [5, 5.41) is 0. The van der Waals surface area contributed by atoms with E-state index in [0.717, 1.165) is 17.0 Å². The Labute approximate surface area is 127 Å². The van der Waals surface area contributed by atoms with E-state index in [0.29, 0.717) is 0 Å². The molecule has 2 aromatic rings. The van der Waals surface area contributed by atoms with Gasteiger partial charge in [0.1, 0.15) is 5.82 Å². The lowest BCUT2D eigenvalue weighted by atomic mass is 10.1. The number of pyridine rings is 1. The predicted molar refractivity (Wildman–Crippen MR) is 76.1 cm³/mol. The van der Waals surface area contributed by atoms with Gasteiger partial charge in [-0.2, -0.15) is 13.2 Å². The largest absolute Gasteiger partial charge is 0.417 e. The smallest absolute Gasteiger partial charge is 0.296 e. The van der Waals surface area contributed by atoms with Crippen molar-refractivity contribution < 1.29 is 18.0 Å². The highest BCUT2D eigenvalue weighted by molar-refractivity contribution is 9.10. The number of carbonyl (C=O) groups excluding carboxylic acids is 1. The molecular formula is C14H10BrF3N2O. The molecule has 0 unspecified atom stereocenters. The molecule has 1 aromatic heterocycles. The molecule has 2 rings (SSSR count). The summed E-state index contributed by atoms with van der Waals surface area (Å²) >= 11 is 2.98. The predicted octanol–water partition coefficient (Wildman–Crippen LogP) is 4.14. The summed E-state index contributed by atoms with van der Waals surface area (Å²) in [5.41, 5.74) is -1.40. The fourth-order valence-corrected chi connectivity index (χ4v) is 2.14. The van der Waals surface area contributed by atoms with Crippen LogP contribution in [0.25, 0.3) is 0 Å². The maximum atomic E-state index is 13.0. The molecule has 0 aliphatic heterocycles. The first kappa shape index (κ1) is 15.5. The molecule has 1 aromatic carbocycles. The maximum absolute atomic E-state index is 13.0. The van der Waals surface area contributed by atoms with Crippen LogP contribution >= 0.6 is 15.9 Å². The summed E-state index contributed by atoms with van der Waals surface area (Å²) in [6, 6.07) is 8.29. The summed E-state index contributed by atoms with van der Waals surface area (Å²) < 4.78 is 39.4. The van der Waals surface area contributed by atoms with E-state index in [1.54, 1.807) is 18.2 Å². The molecule has 0 N–H and O–H groups in total. The summed E-state index contributed by atoms with van der Waals surface area (Å²) in [6.45, 7) is 0. The molecule has 0 bridgehead atoms. The molecule has 0 fully saturated rings. The van der Waals surface area contributed by atoms with Crippen molar-refractivity contribution in [1.82, 2.24) is 4.98 Å². The Balaban J connectivity index is 2.45. The number of carbonyl (C=O) groups is 1. The highest BCUT2D eigenvalue weighted by Gasteiger charge is 2.36. The van der Waals surface area contributed by atoms with Crippen molar-refractivity contribution in [1.29, 1.82) is 0 Å². The lowest BCUT2D eigenvalue weighted by molar-refractivity contribution is -0.137. The zero-order valence-corrected chi connectivity index (χ0v) is 12.4. The molecule has 0 aliphatic rings. The van der Waals surface area contributed by atoms with Gasteiger partial charge in [0, 0.05) is 17.7 Å². The van der Waals surface area contributed by atoms with Crippen molar-refractivity contribution in [3.05, 3.63) is 58.2 Å². The van der Waals surface area contributed by atoms with Crippen molar-refractivity contribution in [3.8, 4) is 0 Å². The fraction of sp³-hybridized carbons (Fsp3) is 0.143. The fourth-order valence-electron chi connectivity index (χ4n) is 1.77. The molecule has 3 nitrogen and oxygen atoms in total. The number of hydrogen-bond donors (Lipinski definition) is 0. The number of alkyl halides is 3. The second-order valence-corrected chi connectivity index (χ2v) is 5.16. The monoisotopic (exact) mass is 358 g/mol. The van der Waals surface area contributed by atoms with Crippen molar-refractivity contribution in [3.63, 3.8) is 0 Å². The van der Waals surface area contributed by atoms with Crippen LogP contribution in [0.3, 0.4) is 0 Å². The van der Waals surface area contributed by atoms with E-state index in [1.807, 2.05) is 0 Å². The van der Waals surface area contributed by atoms with Crippen LogP contribution in [-0.4, -0.2) is 17.9 Å². The van der Waals surface area contributed by atoms with Gasteiger partial charge in [0.05, 0.1) is 11.1 Å².